The Morgan fingerprint density at radius 3 is 2.24 bits per heavy atom. The van der Waals surface area contributed by atoms with Gasteiger partial charge in [-0.2, -0.15) is 0 Å². The molecule has 152 valence electrons. The van der Waals surface area contributed by atoms with E-state index >= 15 is 0 Å². The highest BCUT2D eigenvalue weighted by atomic mass is 32.2. The molecule has 1 atom stereocenters. The van der Waals surface area contributed by atoms with Gasteiger partial charge in [0.05, 0.1) is 10.5 Å². The first kappa shape index (κ1) is 20.7. The lowest BCUT2D eigenvalue weighted by atomic mass is 10.1. The average molecular weight is 415 g/mol. The molecule has 0 unspecified atom stereocenters. The third-order valence-corrected chi connectivity index (χ3v) is 6.07. The van der Waals surface area contributed by atoms with Crippen LogP contribution in [0.4, 0.5) is 0 Å². The van der Waals surface area contributed by atoms with Crippen LogP contribution in [0, 0.1) is 6.92 Å². The van der Waals surface area contributed by atoms with Crippen molar-refractivity contribution < 1.29 is 22.4 Å². The molecule has 8 nitrogen and oxygen atoms in total. The average Bonchev–Trinajstić information content (AvgIpc) is 3.19. The molecule has 1 aromatic heterocycles. The summed E-state index contributed by atoms with van der Waals surface area (Å²) < 4.78 is 36.3. The molecule has 0 saturated carbocycles. The van der Waals surface area contributed by atoms with Crippen molar-refractivity contribution in [2.75, 3.05) is 14.1 Å². The van der Waals surface area contributed by atoms with Crippen molar-refractivity contribution in [2.45, 2.75) is 24.8 Å². The molecule has 0 bridgehead atoms. The Bertz CT molecular complexity index is 1100. The molecule has 0 radical (unpaired) electrons. The lowest BCUT2D eigenvalue weighted by Gasteiger charge is -2.12. The standard InChI is InChI=1S/C20H21N3O5S/c1-13-5-7-15(8-6-13)19-22-21-18(28-19)14(2)27-20(24)16-9-11-17(12-10-16)29(25,26)23(3)4/h5-12,14H,1-4H3/t14-/m1/s1. The monoisotopic (exact) mass is 415 g/mol. The lowest BCUT2D eigenvalue weighted by Crippen LogP contribution is -2.22. The zero-order valence-electron chi connectivity index (χ0n) is 16.5. The Balaban J connectivity index is 1.70. The van der Waals surface area contributed by atoms with Gasteiger partial charge in [-0.25, -0.2) is 17.5 Å². The zero-order chi connectivity index (χ0) is 21.2. The Hall–Kier alpha value is -3.04. The fourth-order valence-corrected chi connectivity index (χ4v) is 3.37. The number of aryl methyl sites for hydroxylation is 1. The van der Waals surface area contributed by atoms with Gasteiger partial charge in [-0.05, 0) is 50.2 Å². The Morgan fingerprint density at radius 2 is 1.66 bits per heavy atom. The van der Waals surface area contributed by atoms with Crippen molar-refractivity contribution in [3.05, 3.63) is 65.5 Å². The molecule has 0 N–H and O–H groups in total. The largest absolute Gasteiger partial charge is 0.449 e. The molecule has 0 saturated heterocycles. The number of aromatic nitrogens is 2. The van der Waals surface area contributed by atoms with Crippen LogP contribution < -0.4 is 0 Å². The van der Waals surface area contributed by atoms with Crippen LogP contribution in [-0.4, -0.2) is 43.0 Å². The molecule has 0 aliphatic heterocycles. The van der Waals surface area contributed by atoms with Gasteiger partial charge in [-0.15, -0.1) is 10.2 Å². The number of nitrogens with zero attached hydrogens (tertiary/aromatic N) is 3. The van der Waals surface area contributed by atoms with Crippen molar-refractivity contribution >= 4 is 16.0 Å². The molecule has 0 aliphatic rings. The van der Waals surface area contributed by atoms with Gasteiger partial charge in [-0.1, -0.05) is 17.7 Å². The third-order valence-electron chi connectivity index (χ3n) is 4.24. The summed E-state index contributed by atoms with van der Waals surface area (Å²) in [7, 11) is -0.686. The number of sulfonamides is 1. The van der Waals surface area contributed by atoms with Crippen molar-refractivity contribution in [3.8, 4) is 11.5 Å². The number of carbonyl (C=O) groups excluding carboxylic acids is 1. The summed E-state index contributed by atoms with van der Waals surface area (Å²) in [5, 5.41) is 7.94. The van der Waals surface area contributed by atoms with Crippen molar-refractivity contribution in [1.29, 1.82) is 0 Å². The summed E-state index contributed by atoms with van der Waals surface area (Å²) in [6, 6.07) is 13.1. The Kier molecular flexibility index (Phi) is 5.81. The van der Waals surface area contributed by atoms with Gasteiger partial charge in [0, 0.05) is 19.7 Å². The molecule has 2 aromatic carbocycles. The van der Waals surface area contributed by atoms with E-state index in [4.69, 9.17) is 9.15 Å². The van der Waals surface area contributed by atoms with E-state index in [0.717, 1.165) is 15.4 Å². The number of esters is 1. The summed E-state index contributed by atoms with van der Waals surface area (Å²) in [4.78, 5) is 12.5. The molecular weight excluding hydrogens is 394 g/mol. The van der Waals surface area contributed by atoms with Gasteiger partial charge in [0.25, 0.3) is 5.89 Å². The summed E-state index contributed by atoms with van der Waals surface area (Å²) in [6.07, 6.45) is -0.764. The SMILES string of the molecule is Cc1ccc(-c2nnc([C@@H](C)OC(=O)c3ccc(S(=O)(=O)N(C)C)cc3)o2)cc1. The van der Waals surface area contributed by atoms with E-state index in [-0.39, 0.29) is 16.3 Å². The smallest absolute Gasteiger partial charge is 0.338 e. The van der Waals surface area contributed by atoms with Crippen molar-refractivity contribution in [3.63, 3.8) is 0 Å². The molecule has 1 heterocycles. The predicted molar refractivity (Wildman–Crippen MR) is 106 cm³/mol. The first-order valence-electron chi connectivity index (χ1n) is 8.82. The van der Waals surface area contributed by atoms with Crippen molar-refractivity contribution in [2.24, 2.45) is 0 Å². The Labute approximate surface area is 169 Å². The minimum atomic E-state index is -3.56. The maximum Gasteiger partial charge on any atom is 0.338 e. The second-order valence-electron chi connectivity index (χ2n) is 6.67. The number of carbonyl (C=O) groups is 1. The second-order valence-corrected chi connectivity index (χ2v) is 8.82. The molecule has 0 fully saturated rings. The van der Waals surface area contributed by atoms with Crippen LogP contribution in [0.15, 0.2) is 57.8 Å². The molecule has 0 aliphatic carbocycles. The van der Waals surface area contributed by atoms with E-state index in [1.165, 1.54) is 38.4 Å². The molecular formula is C20H21N3O5S. The normalized spacial score (nSPS) is 12.7. The molecule has 3 aromatic rings. The maximum absolute atomic E-state index is 12.4. The highest BCUT2D eigenvalue weighted by Gasteiger charge is 2.21. The number of rotatable bonds is 6. The molecule has 3 rings (SSSR count). The Morgan fingerprint density at radius 1 is 1.03 bits per heavy atom. The van der Waals surface area contributed by atoms with E-state index < -0.39 is 22.1 Å². The van der Waals surface area contributed by atoms with Gasteiger partial charge in [-0.3, -0.25) is 0 Å². The summed E-state index contributed by atoms with van der Waals surface area (Å²) in [6.45, 7) is 3.60. The van der Waals surface area contributed by atoms with Crippen molar-refractivity contribution in [1.82, 2.24) is 14.5 Å². The first-order valence-corrected chi connectivity index (χ1v) is 10.3. The topological polar surface area (TPSA) is 103 Å². The molecule has 0 amide bonds. The highest BCUT2D eigenvalue weighted by Crippen LogP contribution is 2.24. The summed E-state index contributed by atoms with van der Waals surface area (Å²) >= 11 is 0. The predicted octanol–water partition coefficient (Wildman–Crippen LogP) is 3.21. The first-order chi connectivity index (χ1) is 13.7. The fraction of sp³-hybridized carbons (Fsp3) is 0.250. The van der Waals surface area contributed by atoms with Crippen LogP contribution in [0.5, 0.6) is 0 Å². The number of hydrogen-bond acceptors (Lipinski definition) is 7. The van der Waals surface area contributed by atoms with Gasteiger partial charge >= 0.3 is 5.97 Å². The molecule has 0 spiro atoms. The number of benzene rings is 2. The van der Waals surface area contributed by atoms with Crippen LogP contribution >= 0.6 is 0 Å². The van der Waals surface area contributed by atoms with E-state index in [9.17, 15) is 13.2 Å². The van der Waals surface area contributed by atoms with E-state index in [2.05, 4.69) is 10.2 Å². The number of ether oxygens (including phenoxy) is 1. The summed E-state index contributed by atoms with van der Waals surface area (Å²) in [5.74, 6) is -0.122. The van der Waals surface area contributed by atoms with Gasteiger partial charge in [0.15, 0.2) is 6.10 Å². The van der Waals surface area contributed by atoms with E-state index in [1.807, 2.05) is 31.2 Å². The fourth-order valence-electron chi connectivity index (χ4n) is 2.46. The van der Waals surface area contributed by atoms with Crippen LogP contribution in [0.25, 0.3) is 11.5 Å². The van der Waals surface area contributed by atoms with Crippen LogP contribution in [-0.2, 0) is 14.8 Å². The third kappa shape index (κ3) is 4.52. The zero-order valence-corrected chi connectivity index (χ0v) is 17.3. The van der Waals surface area contributed by atoms with E-state index in [0.29, 0.717) is 5.89 Å². The maximum atomic E-state index is 12.4. The minimum absolute atomic E-state index is 0.0896. The lowest BCUT2D eigenvalue weighted by molar-refractivity contribution is 0.0279. The minimum Gasteiger partial charge on any atom is -0.449 e. The van der Waals surface area contributed by atoms with Gasteiger partial charge < -0.3 is 9.15 Å². The highest BCUT2D eigenvalue weighted by molar-refractivity contribution is 7.89. The summed E-state index contributed by atoms with van der Waals surface area (Å²) in [5.41, 5.74) is 2.10. The van der Waals surface area contributed by atoms with Gasteiger partial charge in [0.1, 0.15) is 0 Å². The second kappa shape index (κ2) is 8.14. The van der Waals surface area contributed by atoms with Crippen LogP contribution in [0.3, 0.4) is 0 Å². The molecule has 29 heavy (non-hydrogen) atoms. The molecule has 9 heteroatoms. The van der Waals surface area contributed by atoms with Gasteiger partial charge in [0.2, 0.25) is 15.9 Å². The van der Waals surface area contributed by atoms with E-state index in [1.54, 1.807) is 6.92 Å². The quantitative estimate of drug-likeness (QED) is 0.570. The van der Waals surface area contributed by atoms with Crippen LogP contribution in [0.2, 0.25) is 0 Å². The van der Waals surface area contributed by atoms with Crippen LogP contribution in [0.1, 0.15) is 34.8 Å². The number of hydrogen-bond donors (Lipinski definition) is 0.